The molecule has 0 N–H and O–H groups in total. The zero-order valence-electron chi connectivity index (χ0n) is 17.0. The summed E-state index contributed by atoms with van der Waals surface area (Å²) in [5, 5.41) is 0.378. The highest BCUT2D eigenvalue weighted by molar-refractivity contribution is 7.89. The number of sulfonamides is 1. The second kappa shape index (κ2) is 9.95. The van der Waals surface area contributed by atoms with Crippen LogP contribution in [0.1, 0.15) is 6.92 Å². The number of benzene rings is 1. The summed E-state index contributed by atoms with van der Waals surface area (Å²) in [6.45, 7) is 5.78. The van der Waals surface area contributed by atoms with Crippen LogP contribution < -0.4 is 0 Å². The molecule has 0 unspecified atom stereocenters. The van der Waals surface area contributed by atoms with E-state index < -0.39 is 10.0 Å². The number of carbonyl (C=O) groups excluding carboxylic acids is 2. The Kier molecular flexibility index (Phi) is 7.56. The van der Waals surface area contributed by atoms with Gasteiger partial charge in [0, 0.05) is 57.4 Å². The highest BCUT2D eigenvalue weighted by Gasteiger charge is 2.31. The van der Waals surface area contributed by atoms with E-state index in [1.807, 2.05) is 4.90 Å². The van der Waals surface area contributed by atoms with Crippen LogP contribution in [0, 0.1) is 0 Å². The highest BCUT2D eigenvalue weighted by Crippen LogP contribution is 2.21. The van der Waals surface area contributed by atoms with E-state index in [9.17, 15) is 18.0 Å². The molecule has 2 aliphatic rings. The molecule has 0 spiro atoms. The van der Waals surface area contributed by atoms with Gasteiger partial charge in [0.1, 0.15) is 0 Å². The van der Waals surface area contributed by atoms with Gasteiger partial charge in [0.2, 0.25) is 15.9 Å². The molecular formula is C19H27ClN4O5S. The molecule has 9 nitrogen and oxygen atoms in total. The average molecular weight is 459 g/mol. The predicted octanol–water partition coefficient (Wildman–Crippen LogP) is 0.947. The van der Waals surface area contributed by atoms with Crippen LogP contribution in [0.4, 0.5) is 4.79 Å². The summed E-state index contributed by atoms with van der Waals surface area (Å²) in [6.07, 6.45) is -0.346. The largest absolute Gasteiger partial charge is 0.450 e. The molecule has 0 atom stereocenters. The van der Waals surface area contributed by atoms with Gasteiger partial charge in [-0.25, -0.2) is 13.2 Å². The quantitative estimate of drug-likeness (QED) is 0.652. The Morgan fingerprint density at radius 2 is 1.63 bits per heavy atom. The van der Waals surface area contributed by atoms with Crippen molar-refractivity contribution in [2.24, 2.45) is 0 Å². The molecule has 2 amide bonds. The van der Waals surface area contributed by atoms with Crippen molar-refractivity contribution in [3.63, 3.8) is 0 Å². The second-order valence-electron chi connectivity index (χ2n) is 7.20. The smallest absolute Gasteiger partial charge is 0.409 e. The molecule has 0 aliphatic carbocycles. The number of halogens is 1. The fraction of sp³-hybridized carbons (Fsp3) is 0.579. The van der Waals surface area contributed by atoms with Gasteiger partial charge in [-0.05, 0) is 25.1 Å². The number of piperazine rings is 2. The first-order valence-electron chi connectivity index (χ1n) is 9.99. The molecule has 2 fully saturated rings. The summed E-state index contributed by atoms with van der Waals surface area (Å²) in [7, 11) is -3.60. The van der Waals surface area contributed by atoms with E-state index in [2.05, 4.69) is 0 Å². The Hall–Kier alpha value is -1.88. The maximum atomic E-state index is 12.8. The summed E-state index contributed by atoms with van der Waals surface area (Å²) in [6, 6.07) is 6.23. The molecule has 1 aromatic rings. The minimum Gasteiger partial charge on any atom is -0.450 e. The number of nitrogens with zero attached hydrogens (tertiary/aromatic N) is 4. The van der Waals surface area contributed by atoms with Crippen LogP contribution >= 0.6 is 11.6 Å². The van der Waals surface area contributed by atoms with Crippen LogP contribution in [0.2, 0.25) is 5.02 Å². The van der Waals surface area contributed by atoms with Crippen LogP contribution in [0.25, 0.3) is 0 Å². The molecule has 2 heterocycles. The third-order valence-corrected chi connectivity index (χ3v) is 7.41. The lowest BCUT2D eigenvalue weighted by Gasteiger charge is -2.37. The topological polar surface area (TPSA) is 90.5 Å². The second-order valence-corrected chi connectivity index (χ2v) is 9.58. The Balaban J connectivity index is 1.47. The van der Waals surface area contributed by atoms with Gasteiger partial charge in [0.15, 0.2) is 0 Å². The van der Waals surface area contributed by atoms with E-state index in [4.69, 9.17) is 16.3 Å². The van der Waals surface area contributed by atoms with Crippen molar-refractivity contribution in [1.82, 2.24) is 19.0 Å². The van der Waals surface area contributed by atoms with E-state index in [1.165, 1.54) is 16.4 Å². The standard InChI is InChI=1S/C19H27ClN4O5S/c1-2-29-19(26)23-10-8-22(9-11-23)18(25)15-21-6-12-24(13-7-21)30(27,28)17-5-3-4-16(20)14-17/h3-5,14H,2,6-13,15H2,1H3. The van der Waals surface area contributed by atoms with Crippen LogP contribution in [-0.2, 0) is 19.6 Å². The monoisotopic (exact) mass is 458 g/mol. The first-order valence-corrected chi connectivity index (χ1v) is 11.8. The lowest BCUT2D eigenvalue weighted by atomic mass is 10.3. The molecule has 2 saturated heterocycles. The Bertz CT molecular complexity index is 865. The molecular weight excluding hydrogens is 432 g/mol. The molecule has 0 radical (unpaired) electrons. The van der Waals surface area contributed by atoms with Gasteiger partial charge >= 0.3 is 6.09 Å². The van der Waals surface area contributed by atoms with E-state index in [1.54, 1.807) is 28.9 Å². The Morgan fingerprint density at radius 3 is 2.23 bits per heavy atom. The van der Waals surface area contributed by atoms with Gasteiger partial charge in [-0.15, -0.1) is 0 Å². The predicted molar refractivity (Wildman–Crippen MR) is 112 cm³/mol. The van der Waals surface area contributed by atoms with Crippen LogP contribution in [0.5, 0.6) is 0 Å². The SMILES string of the molecule is CCOC(=O)N1CCN(C(=O)CN2CCN(S(=O)(=O)c3cccc(Cl)c3)CC2)CC1. The number of hydrogen-bond donors (Lipinski definition) is 0. The zero-order valence-corrected chi connectivity index (χ0v) is 18.6. The lowest BCUT2D eigenvalue weighted by molar-refractivity contribution is -0.134. The van der Waals surface area contributed by atoms with Crippen molar-refractivity contribution in [3.05, 3.63) is 29.3 Å². The van der Waals surface area contributed by atoms with Crippen LogP contribution in [-0.4, -0.2) is 105 Å². The van der Waals surface area contributed by atoms with Crippen molar-refractivity contribution >= 4 is 33.6 Å². The fourth-order valence-corrected chi connectivity index (χ4v) is 5.27. The average Bonchev–Trinajstić information content (AvgIpc) is 2.74. The van der Waals surface area contributed by atoms with Gasteiger partial charge in [-0.3, -0.25) is 9.69 Å². The van der Waals surface area contributed by atoms with Gasteiger partial charge in [0.25, 0.3) is 0 Å². The molecule has 0 aromatic heterocycles. The molecule has 166 valence electrons. The fourth-order valence-electron chi connectivity index (χ4n) is 3.55. The zero-order chi connectivity index (χ0) is 21.7. The third-order valence-electron chi connectivity index (χ3n) is 5.28. The van der Waals surface area contributed by atoms with Gasteiger partial charge < -0.3 is 14.5 Å². The molecule has 2 aliphatic heterocycles. The maximum Gasteiger partial charge on any atom is 0.409 e. The summed E-state index contributed by atoms with van der Waals surface area (Å²) in [5.41, 5.74) is 0. The van der Waals surface area contributed by atoms with Gasteiger partial charge in [-0.1, -0.05) is 17.7 Å². The molecule has 3 rings (SSSR count). The Labute approximate surface area is 182 Å². The summed E-state index contributed by atoms with van der Waals surface area (Å²) < 4.78 is 32.0. The van der Waals surface area contributed by atoms with E-state index in [-0.39, 0.29) is 23.4 Å². The normalized spacial score (nSPS) is 19.0. The molecule has 1 aromatic carbocycles. The Morgan fingerprint density at radius 1 is 1.00 bits per heavy atom. The van der Waals surface area contributed by atoms with Crippen molar-refractivity contribution in [2.75, 3.05) is 65.5 Å². The van der Waals surface area contributed by atoms with Crippen LogP contribution in [0.15, 0.2) is 29.2 Å². The van der Waals surface area contributed by atoms with Crippen molar-refractivity contribution < 1.29 is 22.7 Å². The van der Waals surface area contributed by atoms with Gasteiger partial charge in [-0.2, -0.15) is 4.31 Å². The van der Waals surface area contributed by atoms with E-state index in [0.717, 1.165) is 0 Å². The summed E-state index contributed by atoms with van der Waals surface area (Å²) >= 11 is 5.92. The van der Waals surface area contributed by atoms with Crippen molar-refractivity contribution in [3.8, 4) is 0 Å². The molecule has 30 heavy (non-hydrogen) atoms. The number of hydrogen-bond acceptors (Lipinski definition) is 6. The molecule has 0 saturated carbocycles. The number of amides is 2. The van der Waals surface area contributed by atoms with Crippen LogP contribution in [0.3, 0.4) is 0 Å². The summed E-state index contributed by atoms with van der Waals surface area (Å²) in [5.74, 6) is -0.00958. The number of ether oxygens (including phenoxy) is 1. The highest BCUT2D eigenvalue weighted by atomic mass is 35.5. The van der Waals surface area contributed by atoms with E-state index in [0.29, 0.717) is 64.0 Å². The molecule has 11 heteroatoms. The first kappa shape index (κ1) is 22.8. The molecule has 0 bridgehead atoms. The van der Waals surface area contributed by atoms with Gasteiger partial charge in [0.05, 0.1) is 18.0 Å². The van der Waals surface area contributed by atoms with Crippen molar-refractivity contribution in [1.29, 1.82) is 0 Å². The maximum absolute atomic E-state index is 12.8. The van der Waals surface area contributed by atoms with E-state index >= 15 is 0 Å². The minimum atomic E-state index is -3.60. The minimum absolute atomic E-state index is 0.00958. The van der Waals surface area contributed by atoms with Crippen molar-refractivity contribution in [2.45, 2.75) is 11.8 Å². The third kappa shape index (κ3) is 5.42. The first-order chi connectivity index (χ1) is 14.3. The number of carbonyl (C=O) groups is 2. The number of rotatable bonds is 5. The lowest BCUT2D eigenvalue weighted by Crippen LogP contribution is -2.55. The summed E-state index contributed by atoms with van der Waals surface area (Å²) in [4.78, 5) is 29.9.